The maximum absolute atomic E-state index is 11.7. The molecular weight excluding hydrogens is 254 g/mol. The average molecular weight is 280 g/mol. The third-order valence-corrected chi connectivity index (χ3v) is 2.10. The van der Waals surface area contributed by atoms with Gasteiger partial charge in [-0.3, -0.25) is 9.59 Å². The Morgan fingerprint density at radius 2 is 1.78 bits per heavy atom. The third kappa shape index (κ3) is 10.4. The van der Waals surface area contributed by atoms with Gasteiger partial charge in [0.15, 0.2) is 0 Å². The van der Waals surface area contributed by atoms with E-state index in [-0.39, 0.29) is 29.8 Å². The third-order valence-electron chi connectivity index (χ3n) is 2.10. The van der Waals surface area contributed by atoms with Gasteiger partial charge in [0.1, 0.15) is 6.04 Å². The second-order valence-electron chi connectivity index (χ2n) is 5.24. The van der Waals surface area contributed by atoms with Crippen LogP contribution in [0.2, 0.25) is 0 Å². The van der Waals surface area contributed by atoms with Gasteiger partial charge in [-0.05, 0) is 47.7 Å². The van der Waals surface area contributed by atoms with Crippen molar-refractivity contribution in [3.63, 3.8) is 0 Å². The predicted molar refractivity (Wildman–Crippen MR) is 75.9 cm³/mol. The second-order valence-corrected chi connectivity index (χ2v) is 5.24. The van der Waals surface area contributed by atoms with Crippen molar-refractivity contribution in [1.29, 1.82) is 0 Å². The molecule has 0 aliphatic carbocycles. The van der Waals surface area contributed by atoms with E-state index in [1.54, 1.807) is 6.92 Å². The summed E-state index contributed by atoms with van der Waals surface area (Å²) in [5, 5.41) is 8.48. The molecule has 1 unspecified atom stereocenters. The fourth-order valence-corrected chi connectivity index (χ4v) is 1.28. The number of amides is 2. The number of halogens is 1. The van der Waals surface area contributed by atoms with Gasteiger partial charge in [-0.15, -0.1) is 12.4 Å². The molecule has 1 atom stereocenters. The van der Waals surface area contributed by atoms with Gasteiger partial charge in [-0.25, -0.2) is 0 Å². The maximum atomic E-state index is 11.7. The Labute approximate surface area is 116 Å². The molecule has 0 heterocycles. The molecule has 0 aliphatic heterocycles. The van der Waals surface area contributed by atoms with Crippen LogP contribution in [0.1, 0.15) is 40.5 Å². The molecule has 6 heteroatoms. The maximum Gasteiger partial charge on any atom is 0.242 e. The van der Waals surface area contributed by atoms with E-state index in [1.165, 1.54) is 0 Å². The zero-order valence-electron chi connectivity index (χ0n) is 11.9. The highest BCUT2D eigenvalue weighted by Crippen LogP contribution is 1.99. The van der Waals surface area contributed by atoms with Crippen LogP contribution in [0.25, 0.3) is 0 Å². The highest BCUT2D eigenvalue weighted by Gasteiger charge is 2.20. The number of hydrogen-bond acceptors (Lipinski definition) is 3. The van der Waals surface area contributed by atoms with Crippen LogP contribution in [0.5, 0.6) is 0 Å². The molecule has 108 valence electrons. The molecule has 0 spiro atoms. The summed E-state index contributed by atoms with van der Waals surface area (Å²) < 4.78 is 0. The van der Waals surface area contributed by atoms with Gasteiger partial charge in [0, 0.05) is 12.0 Å². The van der Waals surface area contributed by atoms with Crippen molar-refractivity contribution in [2.75, 3.05) is 13.6 Å². The topological polar surface area (TPSA) is 70.2 Å². The summed E-state index contributed by atoms with van der Waals surface area (Å²) in [6, 6.07) is -0.490. The number of rotatable bonds is 6. The molecule has 2 amide bonds. The summed E-state index contributed by atoms with van der Waals surface area (Å²) in [7, 11) is 1.84. The van der Waals surface area contributed by atoms with Gasteiger partial charge in [0.25, 0.3) is 0 Å². The molecule has 0 saturated carbocycles. The van der Waals surface area contributed by atoms with Crippen LogP contribution in [0.15, 0.2) is 0 Å². The zero-order valence-corrected chi connectivity index (χ0v) is 12.7. The van der Waals surface area contributed by atoms with Crippen molar-refractivity contribution >= 4 is 24.2 Å². The van der Waals surface area contributed by atoms with Crippen LogP contribution in [-0.2, 0) is 9.59 Å². The second kappa shape index (κ2) is 9.16. The van der Waals surface area contributed by atoms with Crippen molar-refractivity contribution in [1.82, 2.24) is 16.0 Å². The number of carbonyl (C=O) groups excluding carboxylic acids is 2. The van der Waals surface area contributed by atoms with Crippen LogP contribution in [0, 0.1) is 0 Å². The zero-order chi connectivity index (χ0) is 13.5. The van der Waals surface area contributed by atoms with E-state index in [9.17, 15) is 9.59 Å². The number of hydrogen-bond donors (Lipinski definition) is 3. The van der Waals surface area contributed by atoms with Crippen LogP contribution >= 0.6 is 12.4 Å². The van der Waals surface area contributed by atoms with Crippen molar-refractivity contribution in [3.05, 3.63) is 0 Å². The molecule has 0 aliphatic rings. The number of carbonyl (C=O) groups is 2. The van der Waals surface area contributed by atoms with Gasteiger partial charge >= 0.3 is 0 Å². The molecule has 0 radical (unpaired) electrons. The van der Waals surface area contributed by atoms with Crippen molar-refractivity contribution in [2.45, 2.75) is 52.1 Å². The first-order valence-electron chi connectivity index (χ1n) is 6.02. The quantitative estimate of drug-likeness (QED) is 0.631. The predicted octanol–water partition coefficient (Wildman–Crippen LogP) is 0.827. The molecule has 0 aromatic heterocycles. The first-order chi connectivity index (χ1) is 7.76. The summed E-state index contributed by atoms with van der Waals surface area (Å²) in [4.78, 5) is 23.2. The minimum atomic E-state index is -0.490. The van der Waals surface area contributed by atoms with E-state index in [2.05, 4.69) is 16.0 Å². The smallest absolute Gasteiger partial charge is 0.242 e. The van der Waals surface area contributed by atoms with Crippen LogP contribution in [0.3, 0.4) is 0 Å². The average Bonchev–Trinajstić information content (AvgIpc) is 2.15. The summed E-state index contributed by atoms with van der Waals surface area (Å²) >= 11 is 0. The summed E-state index contributed by atoms with van der Waals surface area (Å²) in [6.07, 6.45) is 1.21. The van der Waals surface area contributed by atoms with E-state index < -0.39 is 6.04 Å². The van der Waals surface area contributed by atoms with Crippen LogP contribution in [0.4, 0.5) is 0 Å². The highest BCUT2D eigenvalue weighted by molar-refractivity contribution is 5.87. The van der Waals surface area contributed by atoms with Crippen molar-refractivity contribution < 1.29 is 9.59 Å². The Morgan fingerprint density at radius 1 is 1.22 bits per heavy atom. The van der Waals surface area contributed by atoms with E-state index in [1.807, 2.05) is 27.8 Å². The van der Waals surface area contributed by atoms with Crippen LogP contribution in [-0.4, -0.2) is 37.0 Å². The number of nitrogens with one attached hydrogen (secondary N) is 3. The minimum absolute atomic E-state index is 0. The lowest BCUT2D eigenvalue weighted by Crippen LogP contribution is -2.50. The lowest BCUT2D eigenvalue weighted by Gasteiger charge is -2.23. The van der Waals surface area contributed by atoms with E-state index in [4.69, 9.17) is 0 Å². The first-order valence-corrected chi connectivity index (χ1v) is 6.02. The largest absolute Gasteiger partial charge is 0.350 e. The monoisotopic (exact) mass is 279 g/mol. The van der Waals surface area contributed by atoms with Gasteiger partial charge in [0.2, 0.25) is 11.8 Å². The van der Waals surface area contributed by atoms with Crippen molar-refractivity contribution in [2.24, 2.45) is 0 Å². The Kier molecular flexibility index (Phi) is 9.94. The normalized spacial score (nSPS) is 12.3. The molecule has 0 rings (SSSR count). The molecular formula is C12H26ClN3O2. The fourth-order valence-electron chi connectivity index (χ4n) is 1.28. The van der Waals surface area contributed by atoms with E-state index in [0.717, 1.165) is 13.0 Å². The Morgan fingerprint density at radius 3 is 2.22 bits per heavy atom. The highest BCUT2D eigenvalue weighted by atomic mass is 35.5. The molecule has 0 saturated heterocycles. The standard InChI is InChI=1S/C12H25N3O2.ClH/c1-9(11(17)15-12(2,3)4)14-10(16)7-6-8-13-5;/h9,13H,6-8H2,1-5H3,(H,14,16)(H,15,17);1H. The molecule has 0 fully saturated rings. The summed E-state index contributed by atoms with van der Waals surface area (Å²) in [5.74, 6) is -0.240. The Hall–Kier alpha value is -0.810. The Bertz CT molecular complexity index is 265. The lowest BCUT2D eigenvalue weighted by atomic mass is 10.1. The molecule has 0 aromatic rings. The van der Waals surface area contributed by atoms with Crippen molar-refractivity contribution in [3.8, 4) is 0 Å². The van der Waals surface area contributed by atoms with Gasteiger partial charge in [-0.2, -0.15) is 0 Å². The van der Waals surface area contributed by atoms with Crippen LogP contribution < -0.4 is 16.0 Å². The molecule has 0 bridgehead atoms. The SMILES string of the molecule is CNCCCC(=O)NC(C)C(=O)NC(C)(C)C.Cl. The molecule has 3 N–H and O–H groups in total. The van der Waals surface area contributed by atoms with Gasteiger partial charge < -0.3 is 16.0 Å². The minimum Gasteiger partial charge on any atom is -0.350 e. The van der Waals surface area contributed by atoms with Gasteiger partial charge in [0.05, 0.1) is 0 Å². The van der Waals surface area contributed by atoms with E-state index in [0.29, 0.717) is 6.42 Å². The van der Waals surface area contributed by atoms with Gasteiger partial charge in [-0.1, -0.05) is 0 Å². The summed E-state index contributed by atoms with van der Waals surface area (Å²) in [5.41, 5.74) is -0.276. The Balaban J connectivity index is 0. The molecule has 5 nitrogen and oxygen atoms in total. The lowest BCUT2D eigenvalue weighted by molar-refractivity contribution is -0.129. The molecule has 18 heavy (non-hydrogen) atoms. The molecule has 0 aromatic carbocycles. The first kappa shape index (κ1) is 19.5. The fraction of sp³-hybridized carbons (Fsp3) is 0.833. The van der Waals surface area contributed by atoms with E-state index >= 15 is 0 Å². The summed E-state index contributed by atoms with van der Waals surface area (Å²) in [6.45, 7) is 8.22.